The number of hydrogen-bond acceptors (Lipinski definition) is 5. The van der Waals surface area contributed by atoms with Gasteiger partial charge in [-0.3, -0.25) is 10.1 Å². The van der Waals surface area contributed by atoms with Gasteiger partial charge in [-0.1, -0.05) is 0 Å². The van der Waals surface area contributed by atoms with E-state index in [-0.39, 0.29) is 0 Å². The highest BCUT2D eigenvalue weighted by Crippen LogP contribution is 2.23. The Balaban J connectivity index is 2.35. The van der Waals surface area contributed by atoms with Crippen molar-refractivity contribution in [2.75, 3.05) is 5.43 Å². The molecule has 0 fully saturated rings. The van der Waals surface area contributed by atoms with Crippen molar-refractivity contribution in [2.45, 2.75) is 0 Å². The zero-order valence-electron chi connectivity index (χ0n) is 7.06. The van der Waals surface area contributed by atoms with Crippen LogP contribution in [-0.4, -0.2) is 14.8 Å². The molecule has 0 aliphatic rings. The summed E-state index contributed by atoms with van der Waals surface area (Å²) in [6.07, 6.45) is 3.69. The third-order valence-corrected chi connectivity index (χ3v) is 2.40. The Morgan fingerprint density at radius 1 is 1.62 bits per heavy atom. The van der Waals surface area contributed by atoms with Crippen LogP contribution in [0.15, 0.2) is 17.8 Å². The van der Waals surface area contributed by atoms with Gasteiger partial charge in [0.25, 0.3) is 0 Å². The molecule has 0 spiro atoms. The summed E-state index contributed by atoms with van der Waals surface area (Å²) < 4.78 is 1.74. The van der Waals surface area contributed by atoms with Crippen LogP contribution in [0.25, 0.3) is 11.3 Å². The van der Waals surface area contributed by atoms with Gasteiger partial charge in [0.05, 0.1) is 11.9 Å². The van der Waals surface area contributed by atoms with Gasteiger partial charge in [-0.25, -0.2) is 10.8 Å². The van der Waals surface area contributed by atoms with E-state index in [0.29, 0.717) is 5.13 Å². The molecule has 0 saturated heterocycles. The number of aromatic nitrogens is 3. The lowest BCUT2D eigenvalue weighted by atomic mass is 10.3. The Morgan fingerprint density at radius 2 is 2.46 bits per heavy atom. The van der Waals surface area contributed by atoms with Gasteiger partial charge in [0.2, 0.25) is 0 Å². The lowest BCUT2D eigenvalue weighted by molar-refractivity contribution is 0.768. The molecule has 0 saturated carbocycles. The molecule has 5 nitrogen and oxygen atoms in total. The summed E-state index contributed by atoms with van der Waals surface area (Å²) in [5.41, 5.74) is 4.40. The van der Waals surface area contributed by atoms with Gasteiger partial charge in [0.1, 0.15) is 0 Å². The lowest BCUT2D eigenvalue weighted by Crippen LogP contribution is -2.05. The van der Waals surface area contributed by atoms with Crippen molar-refractivity contribution in [3.8, 4) is 11.3 Å². The van der Waals surface area contributed by atoms with Crippen molar-refractivity contribution in [2.24, 2.45) is 12.9 Å². The van der Waals surface area contributed by atoms with Crippen molar-refractivity contribution in [1.82, 2.24) is 14.8 Å². The first-order chi connectivity index (χ1) is 6.29. The minimum atomic E-state index is 0.707. The van der Waals surface area contributed by atoms with Crippen LogP contribution in [-0.2, 0) is 7.05 Å². The predicted molar refractivity (Wildman–Crippen MR) is 52.1 cm³/mol. The zero-order valence-corrected chi connectivity index (χ0v) is 7.88. The summed E-state index contributed by atoms with van der Waals surface area (Å²) in [4.78, 5) is 4.24. The van der Waals surface area contributed by atoms with Crippen molar-refractivity contribution >= 4 is 16.5 Å². The molecule has 0 aromatic carbocycles. The second-order valence-corrected chi connectivity index (χ2v) is 3.44. The molecular formula is C7H9N5S. The van der Waals surface area contributed by atoms with Gasteiger partial charge < -0.3 is 0 Å². The molecule has 0 amide bonds. The summed E-state index contributed by atoms with van der Waals surface area (Å²) in [5, 5.41) is 6.70. The Hall–Kier alpha value is -1.40. The highest BCUT2D eigenvalue weighted by Gasteiger charge is 2.04. The first kappa shape index (κ1) is 8.21. The highest BCUT2D eigenvalue weighted by atomic mass is 32.1. The topological polar surface area (TPSA) is 68.8 Å². The van der Waals surface area contributed by atoms with Crippen LogP contribution in [0.1, 0.15) is 0 Å². The Labute approximate surface area is 79.2 Å². The molecule has 2 aromatic rings. The molecule has 2 heterocycles. The summed E-state index contributed by atoms with van der Waals surface area (Å²) in [6, 6.07) is 0. The molecule has 0 radical (unpaired) electrons. The monoisotopic (exact) mass is 195 g/mol. The van der Waals surface area contributed by atoms with E-state index in [1.54, 1.807) is 10.9 Å². The van der Waals surface area contributed by atoms with E-state index in [1.807, 2.05) is 18.6 Å². The van der Waals surface area contributed by atoms with E-state index in [0.717, 1.165) is 11.3 Å². The number of anilines is 1. The minimum Gasteiger partial charge on any atom is -0.300 e. The van der Waals surface area contributed by atoms with E-state index in [4.69, 9.17) is 5.84 Å². The van der Waals surface area contributed by atoms with Crippen LogP contribution < -0.4 is 11.3 Å². The van der Waals surface area contributed by atoms with Crippen LogP contribution in [0, 0.1) is 0 Å². The van der Waals surface area contributed by atoms with Crippen LogP contribution in [0.5, 0.6) is 0 Å². The standard InChI is InChI=1S/C7H9N5S/c1-12-3-5(2-9-12)6-4-13-7(10-6)11-8/h2-4H,8H2,1H3,(H,10,11). The van der Waals surface area contributed by atoms with E-state index in [9.17, 15) is 0 Å². The summed E-state index contributed by atoms with van der Waals surface area (Å²) in [7, 11) is 1.87. The Morgan fingerprint density at radius 3 is 3.00 bits per heavy atom. The number of hydrazine groups is 1. The van der Waals surface area contributed by atoms with Crippen LogP contribution in [0.2, 0.25) is 0 Å². The third-order valence-electron chi connectivity index (χ3n) is 1.63. The van der Waals surface area contributed by atoms with Gasteiger partial charge >= 0.3 is 0 Å². The molecule has 0 atom stereocenters. The number of nitrogens with one attached hydrogen (secondary N) is 1. The van der Waals surface area contributed by atoms with E-state index < -0.39 is 0 Å². The molecule has 0 bridgehead atoms. The Kier molecular flexibility index (Phi) is 1.99. The summed E-state index contributed by atoms with van der Waals surface area (Å²) >= 11 is 1.47. The lowest BCUT2D eigenvalue weighted by Gasteiger charge is -1.89. The summed E-state index contributed by atoms with van der Waals surface area (Å²) in [6.45, 7) is 0. The molecule has 2 rings (SSSR count). The molecule has 13 heavy (non-hydrogen) atoms. The predicted octanol–water partition coefficient (Wildman–Crippen LogP) is 0.829. The van der Waals surface area contributed by atoms with Gasteiger partial charge in [0.15, 0.2) is 5.13 Å². The minimum absolute atomic E-state index is 0.707. The second kappa shape index (κ2) is 3.15. The second-order valence-electron chi connectivity index (χ2n) is 2.58. The molecule has 0 unspecified atom stereocenters. The van der Waals surface area contributed by atoms with E-state index in [1.165, 1.54) is 11.3 Å². The quantitative estimate of drug-likeness (QED) is 0.550. The number of nitrogens with zero attached hydrogens (tertiary/aromatic N) is 3. The number of hydrogen-bond donors (Lipinski definition) is 2. The maximum atomic E-state index is 5.22. The van der Waals surface area contributed by atoms with Crippen LogP contribution in [0.3, 0.4) is 0 Å². The van der Waals surface area contributed by atoms with Crippen LogP contribution in [0.4, 0.5) is 5.13 Å². The average Bonchev–Trinajstić information content (AvgIpc) is 2.71. The van der Waals surface area contributed by atoms with Crippen molar-refractivity contribution in [1.29, 1.82) is 0 Å². The fourth-order valence-corrected chi connectivity index (χ4v) is 1.66. The normalized spacial score (nSPS) is 10.3. The maximum Gasteiger partial charge on any atom is 0.197 e. The van der Waals surface area contributed by atoms with Gasteiger partial charge in [0, 0.05) is 24.2 Å². The van der Waals surface area contributed by atoms with Crippen LogP contribution >= 0.6 is 11.3 Å². The number of thiazole rings is 1. The maximum absolute atomic E-state index is 5.22. The fraction of sp³-hybridized carbons (Fsp3) is 0.143. The molecule has 3 N–H and O–H groups in total. The van der Waals surface area contributed by atoms with Gasteiger partial charge in [-0.15, -0.1) is 11.3 Å². The number of nitrogen functional groups attached to an aromatic ring is 1. The van der Waals surface area contributed by atoms with Gasteiger partial charge in [-0.2, -0.15) is 5.10 Å². The fourth-order valence-electron chi connectivity index (χ4n) is 1.03. The average molecular weight is 195 g/mol. The first-order valence-corrected chi connectivity index (χ1v) is 4.59. The zero-order chi connectivity index (χ0) is 9.26. The number of nitrogens with two attached hydrogens (primary N) is 1. The molecule has 2 aromatic heterocycles. The molecular weight excluding hydrogens is 186 g/mol. The van der Waals surface area contributed by atoms with E-state index >= 15 is 0 Å². The molecule has 0 aliphatic carbocycles. The van der Waals surface area contributed by atoms with E-state index in [2.05, 4.69) is 15.5 Å². The van der Waals surface area contributed by atoms with Crippen molar-refractivity contribution < 1.29 is 0 Å². The number of rotatable bonds is 2. The summed E-state index contributed by atoms with van der Waals surface area (Å²) in [5.74, 6) is 5.22. The molecule has 68 valence electrons. The molecule has 0 aliphatic heterocycles. The first-order valence-electron chi connectivity index (χ1n) is 3.71. The highest BCUT2D eigenvalue weighted by molar-refractivity contribution is 7.14. The van der Waals surface area contributed by atoms with Crippen molar-refractivity contribution in [3.05, 3.63) is 17.8 Å². The Bertz CT molecular complexity index is 404. The number of aryl methyl sites for hydroxylation is 1. The van der Waals surface area contributed by atoms with Gasteiger partial charge in [-0.05, 0) is 0 Å². The SMILES string of the molecule is Cn1cc(-c2csc(NN)n2)cn1. The van der Waals surface area contributed by atoms with Crippen molar-refractivity contribution in [3.63, 3.8) is 0 Å². The third kappa shape index (κ3) is 1.53. The smallest absolute Gasteiger partial charge is 0.197 e. The molecule has 6 heteroatoms. The largest absolute Gasteiger partial charge is 0.300 e.